The molecule has 0 N–H and O–H groups in total. The van der Waals surface area contributed by atoms with Crippen LogP contribution in [0.5, 0.6) is 0 Å². The first-order chi connectivity index (χ1) is 8.45. The third-order valence-electron chi connectivity index (χ3n) is 2.34. The van der Waals surface area contributed by atoms with Crippen LogP contribution in [-0.4, -0.2) is 23.9 Å². The summed E-state index contributed by atoms with van der Waals surface area (Å²) in [5.74, 6) is -0.469. The number of hydrogen-bond acceptors (Lipinski definition) is 4. The summed E-state index contributed by atoms with van der Waals surface area (Å²) in [5.41, 5.74) is 0.616. The first kappa shape index (κ1) is 13.1. The van der Waals surface area contributed by atoms with E-state index in [0.29, 0.717) is 5.69 Å². The third-order valence-corrected chi connectivity index (χ3v) is 4.82. The number of benzene rings is 1. The van der Waals surface area contributed by atoms with E-state index in [2.05, 4.69) is 5.10 Å². The Morgan fingerprint density at radius 3 is 2.44 bits per heavy atom. The Bertz CT molecular complexity index is 663. The highest BCUT2D eigenvalue weighted by Crippen LogP contribution is 2.23. The van der Waals surface area contributed by atoms with Crippen molar-refractivity contribution >= 4 is 21.8 Å². The van der Waals surface area contributed by atoms with E-state index in [-0.39, 0.29) is 9.92 Å². The van der Waals surface area contributed by atoms with Gasteiger partial charge < -0.3 is 0 Å². The highest BCUT2D eigenvalue weighted by Gasteiger charge is 2.23. The normalized spacial score (nSPS) is 11.7. The minimum absolute atomic E-state index is 0.0547. The first-order valence-electron chi connectivity index (χ1n) is 5.07. The second-order valence-electron chi connectivity index (χ2n) is 3.64. The summed E-state index contributed by atoms with van der Waals surface area (Å²) in [6.45, 7) is 1.72. The van der Waals surface area contributed by atoms with Crippen molar-refractivity contribution in [2.45, 2.75) is 16.8 Å². The monoisotopic (exact) mass is 286 g/mol. The lowest BCUT2D eigenvalue weighted by atomic mass is 10.4. The molecule has 0 atom stereocenters. The van der Waals surface area contributed by atoms with Crippen molar-refractivity contribution in [2.24, 2.45) is 0 Å². The summed E-state index contributed by atoms with van der Waals surface area (Å²) in [7, 11) is -3.66. The molecule has 18 heavy (non-hydrogen) atoms. The van der Waals surface area contributed by atoms with Crippen LogP contribution in [-0.2, 0) is 9.84 Å². The third kappa shape index (κ3) is 2.28. The van der Waals surface area contributed by atoms with Gasteiger partial charge in [-0.05, 0) is 49.2 Å². The molecule has 1 heterocycles. The molecule has 0 spiro atoms. The van der Waals surface area contributed by atoms with Gasteiger partial charge in [-0.2, -0.15) is 9.19 Å². The largest absolute Gasteiger partial charge is 0.224 e. The molecule has 0 aliphatic carbocycles. The van der Waals surface area contributed by atoms with Crippen molar-refractivity contribution in [2.75, 3.05) is 6.26 Å². The predicted molar refractivity (Wildman–Crippen MR) is 67.7 cm³/mol. The zero-order chi connectivity index (χ0) is 13.3. The zero-order valence-corrected chi connectivity index (χ0v) is 11.4. The molecule has 2 rings (SSSR count). The molecular weight excluding hydrogens is 275 g/mol. The Morgan fingerprint density at radius 1 is 1.28 bits per heavy atom. The lowest BCUT2D eigenvalue weighted by Gasteiger charge is -2.05. The number of hydrogen-bond donors (Lipinski definition) is 0. The predicted octanol–water partition coefficient (Wildman–Crippen LogP) is 2.29. The molecule has 7 heteroatoms. The lowest BCUT2D eigenvalue weighted by Crippen LogP contribution is -2.07. The Kier molecular flexibility index (Phi) is 3.45. The molecule has 0 aliphatic heterocycles. The fourth-order valence-corrected chi connectivity index (χ4v) is 3.77. The molecule has 0 bridgehead atoms. The van der Waals surface area contributed by atoms with Crippen molar-refractivity contribution in [3.05, 3.63) is 41.8 Å². The Labute approximate surface area is 109 Å². The van der Waals surface area contributed by atoms with Crippen molar-refractivity contribution in [1.82, 2.24) is 9.19 Å². The van der Waals surface area contributed by atoms with Gasteiger partial charge in [0.1, 0.15) is 5.82 Å². The van der Waals surface area contributed by atoms with Gasteiger partial charge in [0.25, 0.3) is 0 Å². The maximum Gasteiger partial charge on any atom is 0.224 e. The highest BCUT2D eigenvalue weighted by molar-refractivity contribution is 7.98. The topological polar surface area (TPSA) is 52.0 Å². The molecular formula is C11H11FN2O2S2. The summed E-state index contributed by atoms with van der Waals surface area (Å²) in [6, 6.07) is 6.24. The van der Waals surface area contributed by atoms with Crippen molar-refractivity contribution < 1.29 is 12.8 Å². The van der Waals surface area contributed by atoms with E-state index in [1.807, 2.05) is 0 Å². The maximum absolute atomic E-state index is 12.8. The van der Waals surface area contributed by atoms with Gasteiger partial charge in [0.2, 0.25) is 9.84 Å². The Balaban J connectivity index is 2.57. The summed E-state index contributed by atoms with van der Waals surface area (Å²) >= 11 is 1.19. The smallest absolute Gasteiger partial charge is 0.217 e. The molecule has 4 nitrogen and oxygen atoms in total. The second kappa shape index (κ2) is 4.74. The molecule has 2 aromatic rings. The van der Waals surface area contributed by atoms with Crippen LogP contribution in [0.1, 0.15) is 5.69 Å². The van der Waals surface area contributed by atoms with Crippen molar-refractivity contribution in [3.63, 3.8) is 0 Å². The minimum atomic E-state index is -3.66. The molecule has 0 saturated carbocycles. The van der Waals surface area contributed by atoms with Crippen LogP contribution in [0.15, 0.2) is 40.3 Å². The highest BCUT2D eigenvalue weighted by atomic mass is 32.2. The molecule has 1 aromatic heterocycles. The number of nitrogens with zero attached hydrogens (tertiary/aromatic N) is 2. The summed E-state index contributed by atoms with van der Waals surface area (Å²) < 4.78 is 38.8. The van der Waals surface area contributed by atoms with Gasteiger partial charge in [-0.25, -0.2) is 12.8 Å². The van der Waals surface area contributed by atoms with Gasteiger partial charge in [-0.15, -0.1) is 0 Å². The van der Waals surface area contributed by atoms with E-state index in [4.69, 9.17) is 0 Å². The van der Waals surface area contributed by atoms with Crippen LogP contribution in [0, 0.1) is 12.7 Å². The van der Waals surface area contributed by atoms with Gasteiger partial charge in [-0.1, -0.05) is 0 Å². The second-order valence-corrected chi connectivity index (χ2v) is 6.24. The fourth-order valence-electron chi connectivity index (χ4n) is 1.50. The average molecular weight is 286 g/mol. The fraction of sp³-hybridized carbons (Fsp3) is 0.182. The zero-order valence-electron chi connectivity index (χ0n) is 9.79. The molecule has 0 fully saturated rings. The number of rotatable bonds is 3. The molecule has 0 amide bonds. The average Bonchev–Trinajstić information content (AvgIpc) is 2.72. The minimum Gasteiger partial charge on any atom is -0.217 e. The van der Waals surface area contributed by atoms with E-state index >= 15 is 0 Å². The summed E-state index contributed by atoms with van der Waals surface area (Å²) in [4.78, 5) is 0.0547. The number of halogens is 1. The van der Waals surface area contributed by atoms with Crippen LogP contribution < -0.4 is 0 Å². The van der Waals surface area contributed by atoms with E-state index in [1.54, 1.807) is 13.2 Å². The van der Waals surface area contributed by atoms with Crippen LogP contribution in [0.4, 0.5) is 4.39 Å². The lowest BCUT2D eigenvalue weighted by molar-refractivity contribution is 0.589. The van der Waals surface area contributed by atoms with E-state index in [0.717, 1.165) is 12.1 Å². The van der Waals surface area contributed by atoms with Crippen LogP contribution in [0.2, 0.25) is 0 Å². The van der Waals surface area contributed by atoms with Gasteiger partial charge >= 0.3 is 0 Å². The van der Waals surface area contributed by atoms with Crippen LogP contribution >= 0.6 is 11.9 Å². The number of sulfone groups is 1. The van der Waals surface area contributed by atoms with E-state index < -0.39 is 15.7 Å². The molecule has 0 saturated heterocycles. The van der Waals surface area contributed by atoms with Gasteiger partial charge in [0, 0.05) is 6.26 Å². The van der Waals surface area contributed by atoms with Gasteiger partial charge in [0.15, 0.2) is 5.03 Å². The molecule has 0 radical (unpaired) electrons. The molecule has 96 valence electrons. The van der Waals surface area contributed by atoms with Crippen LogP contribution in [0.25, 0.3) is 0 Å². The summed E-state index contributed by atoms with van der Waals surface area (Å²) in [6.07, 6.45) is 1.73. The first-order valence-corrected chi connectivity index (χ1v) is 7.73. The maximum atomic E-state index is 12.8. The van der Waals surface area contributed by atoms with E-state index in [9.17, 15) is 12.8 Å². The standard InChI is InChI=1S/C11H11FN2O2S2/c1-8-7-11(14(13-8)17-2)18(15,16)10-5-3-9(12)4-6-10/h3-7H,1-2H3. The van der Waals surface area contributed by atoms with Crippen molar-refractivity contribution in [1.29, 1.82) is 0 Å². The van der Waals surface area contributed by atoms with Gasteiger partial charge in [-0.3, -0.25) is 0 Å². The molecule has 0 aliphatic rings. The molecule has 1 aromatic carbocycles. The Morgan fingerprint density at radius 2 is 1.89 bits per heavy atom. The Hall–Kier alpha value is -1.34. The van der Waals surface area contributed by atoms with Crippen LogP contribution in [0.3, 0.4) is 0 Å². The summed E-state index contributed by atoms with van der Waals surface area (Å²) in [5, 5.41) is 4.16. The number of aryl methyl sites for hydroxylation is 1. The van der Waals surface area contributed by atoms with Crippen molar-refractivity contribution in [3.8, 4) is 0 Å². The molecule has 0 unspecified atom stereocenters. The SMILES string of the molecule is CSn1nc(C)cc1S(=O)(=O)c1ccc(F)cc1. The quantitative estimate of drug-likeness (QED) is 0.812. The number of aromatic nitrogens is 2. The van der Waals surface area contributed by atoms with E-state index in [1.165, 1.54) is 34.2 Å². The van der Waals surface area contributed by atoms with Gasteiger partial charge in [0.05, 0.1) is 10.6 Å².